The van der Waals surface area contributed by atoms with Gasteiger partial charge in [0.15, 0.2) is 0 Å². The number of pyridine rings is 1. The third-order valence-corrected chi connectivity index (χ3v) is 5.45. The van der Waals surface area contributed by atoms with Crippen LogP contribution < -0.4 is 10.6 Å². The third kappa shape index (κ3) is 5.00. The number of nitrogens with zero attached hydrogens (tertiary/aromatic N) is 5. The first kappa shape index (κ1) is 22.6. The lowest BCUT2D eigenvalue weighted by atomic mass is 10.1. The Balaban J connectivity index is 1.27. The van der Waals surface area contributed by atoms with Crippen molar-refractivity contribution in [3.63, 3.8) is 0 Å². The molecule has 5 rings (SSSR count). The molecule has 1 aliphatic heterocycles. The Labute approximate surface area is 206 Å². The molecule has 2 amide bonds. The molecule has 0 unspecified atom stereocenters. The Morgan fingerprint density at radius 2 is 1.78 bits per heavy atom. The molecule has 0 fully saturated rings. The van der Waals surface area contributed by atoms with Crippen LogP contribution >= 0.6 is 0 Å². The molecule has 2 N–H and O–H groups in total. The number of benzene rings is 2. The Morgan fingerprint density at radius 1 is 0.944 bits per heavy atom. The van der Waals surface area contributed by atoms with E-state index in [0.717, 1.165) is 22.5 Å². The summed E-state index contributed by atoms with van der Waals surface area (Å²) in [6.45, 7) is 4.03. The van der Waals surface area contributed by atoms with Crippen LogP contribution in [0.1, 0.15) is 16.2 Å². The lowest BCUT2D eigenvalue weighted by Crippen LogP contribution is -2.14. The van der Waals surface area contributed by atoms with Gasteiger partial charge in [-0.05, 0) is 60.7 Å². The maximum absolute atomic E-state index is 12.7. The average molecular weight is 476 g/mol. The fourth-order valence-electron chi connectivity index (χ4n) is 3.62. The number of rotatable bonds is 7. The highest BCUT2D eigenvalue weighted by atomic mass is 16.2. The molecule has 4 aromatic rings. The Bertz CT molecular complexity index is 1520. The van der Waals surface area contributed by atoms with Gasteiger partial charge in [-0.1, -0.05) is 30.0 Å². The van der Waals surface area contributed by atoms with E-state index in [1.165, 1.54) is 6.08 Å². The van der Waals surface area contributed by atoms with Crippen molar-refractivity contribution in [2.75, 3.05) is 17.2 Å². The van der Waals surface area contributed by atoms with Crippen LogP contribution in [0.5, 0.6) is 0 Å². The highest BCUT2D eigenvalue weighted by Gasteiger charge is 2.12. The molecule has 176 valence electrons. The predicted molar refractivity (Wildman–Crippen MR) is 139 cm³/mol. The van der Waals surface area contributed by atoms with Gasteiger partial charge in [-0.3, -0.25) is 14.6 Å². The first-order valence-electron chi connectivity index (χ1n) is 11.1. The molecule has 0 aliphatic carbocycles. The lowest BCUT2D eigenvalue weighted by Gasteiger charge is -2.08. The van der Waals surface area contributed by atoms with Gasteiger partial charge in [-0.25, -0.2) is 9.67 Å². The van der Waals surface area contributed by atoms with Crippen molar-refractivity contribution in [1.82, 2.24) is 20.0 Å². The smallest absolute Gasteiger partial charge is 0.274 e. The molecule has 2 aromatic heterocycles. The summed E-state index contributed by atoms with van der Waals surface area (Å²) in [6, 6.07) is 19.9. The summed E-state index contributed by atoms with van der Waals surface area (Å²) in [5, 5.41) is 14.1. The van der Waals surface area contributed by atoms with Crippen LogP contribution in [0.15, 0.2) is 96.7 Å². The second-order valence-electron chi connectivity index (χ2n) is 7.91. The fraction of sp³-hybridized carbons (Fsp3) is 0.0370. The van der Waals surface area contributed by atoms with E-state index in [2.05, 4.69) is 37.5 Å². The minimum Gasteiger partial charge on any atom is -0.323 e. The van der Waals surface area contributed by atoms with Crippen LogP contribution in [-0.4, -0.2) is 44.6 Å². The monoisotopic (exact) mass is 475 g/mol. The number of hydrogen-bond acceptors (Lipinski definition) is 6. The van der Waals surface area contributed by atoms with E-state index < -0.39 is 0 Å². The molecule has 36 heavy (non-hydrogen) atoms. The van der Waals surface area contributed by atoms with E-state index in [9.17, 15) is 9.59 Å². The second-order valence-corrected chi connectivity index (χ2v) is 7.91. The third-order valence-electron chi connectivity index (χ3n) is 5.45. The molecule has 2 aromatic carbocycles. The van der Waals surface area contributed by atoms with E-state index in [0.29, 0.717) is 29.3 Å². The van der Waals surface area contributed by atoms with E-state index in [1.807, 2.05) is 48.5 Å². The minimum absolute atomic E-state index is 0.285. The van der Waals surface area contributed by atoms with Crippen molar-refractivity contribution in [3.8, 4) is 16.9 Å². The Hall–Kier alpha value is -5.18. The number of aliphatic imine (C=N–C) groups is 1. The van der Waals surface area contributed by atoms with Crippen LogP contribution in [0.25, 0.3) is 22.5 Å². The summed E-state index contributed by atoms with van der Waals surface area (Å²) in [6.07, 6.45) is 6.64. The number of anilines is 2. The predicted octanol–water partition coefficient (Wildman–Crippen LogP) is 4.17. The van der Waals surface area contributed by atoms with Crippen molar-refractivity contribution in [1.29, 1.82) is 0 Å². The summed E-state index contributed by atoms with van der Waals surface area (Å²) in [4.78, 5) is 32.9. The van der Waals surface area contributed by atoms with Gasteiger partial charge in [0.25, 0.3) is 5.91 Å². The van der Waals surface area contributed by atoms with Crippen molar-refractivity contribution >= 4 is 35.0 Å². The number of carbonyl (C=O) groups excluding carboxylic acids is 2. The number of nitrogens with one attached hydrogen (secondary N) is 2. The van der Waals surface area contributed by atoms with Crippen molar-refractivity contribution in [2.45, 2.75) is 0 Å². The zero-order valence-electron chi connectivity index (χ0n) is 19.1. The lowest BCUT2D eigenvalue weighted by molar-refractivity contribution is -0.111. The van der Waals surface area contributed by atoms with Crippen LogP contribution in [-0.2, 0) is 4.79 Å². The molecular formula is C27H21N7O2. The molecule has 1 aliphatic rings. The molecule has 0 radical (unpaired) electrons. The molecule has 0 saturated heterocycles. The Morgan fingerprint density at radius 3 is 2.56 bits per heavy atom. The molecule has 0 saturated carbocycles. The SMILES string of the molecule is C=CC(=O)Nc1cccc(-c2cn(-c3ccc(NC(=O)c4cccc(C5=CC=NC5)n4)cc3)nn2)c1. The molecule has 0 atom stereocenters. The van der Waals surface area contributed by atoms with Crippen LogP contribution in [0.3, 0.4) is 0 Å². The van der Waals surface area contributed by atoms with Gasteiger partial charge in [0.05, 0.1) is 24.1 Å². The first-order chi connectivity index (χ1) is 17.6. The summed E-state index contributed by atoms with van der Waals surface area (Å²) < 4.78 is 1.64. The number of hydrogen-bond donors (Lipinski definition) is 2. The zero-order valence-corrected chi connectivity index (χ0v) is 19.1. The number of carbonyl (C=O) groups is 2. The molecule has 3 heterocycles. The van der Waals surface area contributed by atoms with E-state index in [1.54, 1.807) is 41.4 Å². The molecular weight excluding hydrogens is 454 g/mol. The molecule has 0 spiro atoms. The van der Waals surface area contributed by atoms with Gasteiger partial charge in [0.1, 0.15) is 11.4 Å². The summed E-state index contributed by atoms with van der Waals surface area (Å²) in [5.74, 6) is -0.581. The van der Waals surface area contributed by atoms with Crippen LogP contribution in [0.4, 0.5) is 11.4 Å². The number of amides is 2. The maximum atomic E-state index is 12.7. The molecule has 9 heteroatoms. The number of allylic oxidation sites excluding steroid dienone is 1. The highest BCUT2D eigenvalue weighted by Crippen LogP contribution is 2.22. The van der Waals surface area contributed by atoms with Crippen molar-refractivity contribution in [2.24, 2.45) is 4.99 Å². The standard InChI is InChI=1S/C27H21N7O2/c1-2-26(35)29-21-6-3-5-18(15-21)25-17-34(33-32-25)22-11-9-20(10-12-22)30-27(36)24-8-4-7-23(31-24)19-13-14-28-16-19/h2-15,17H,1,16H2,(H,29,35)(H,30,36). The van der Waals surface area contributed by atoms with Gasteiger partial charge in [-0.2, -0.15) is 0 Å². The van der Waals surface area contributed by atoms with Gasteiger partial charge >= 0.3 is 0 Å². The molecule has 9 nitrogen and oxygen atoms in total. The van der Waals surface area contributed by atoms with E-state index in [-0.39, 0.29) is 11.8 Å². The van der Waals surface area contributed by atoms with Gasteiger partial charge < -0.3 is 10.6 Å². The van der Waals surface area contributed by atoms with E-state index in [4.69, 9.17) is 0 Å². The van der Waals surface area contributed by atoms with Gasteiger partial charge in [0.2, 0.25) is 5.91 Å². The summed E-state index contributed by atoms with van der Waals surface area (Å²) >= 11 is 0. The molecule has 0 bridgehead atoms. The minimum atomic E-state index is -0.296. The Kier molecular flexibility index (Phi) is 6.27. The van der Waals surface area contributed by atoms with Gasteiger partial charge in [0, 0.05) is 28.7 Å². The number of aromatic nitrogens is 4. The second kappa shape index (κ2) is 9.98. The zero-order chi connectivity index (χ0) is 24.9. The van der Waals surface area contributed by atoms with Crippen molar-refractivity contribution < 1.29 is 9.59 Å². The quantitative estimate of drug-likeness (QED) is 0.389. The first-order valence-corrected chi connectivity index (χ1v) is 11.1. The van der Waals surface area contributed by atoms with Crippen molar-refractivity contribution in [3.05, 3.63) is 103 Å². The summed E-state index contributed by atoms with van der Waals surface area (Å²) in [5.41, 5.74) is 5.55. The largest absolute Gasteiger partial charge is 0.323 e. The highest BCUT2D eigenvalue weighted by molar-refractivity contribution is 6.03. The normalized spacial score (nSPS) is 12.2. The van der Waals surface area contributed by atoms with E-state index >= 15 is 0 Å². The maximum Gasteiger partial charge on any atom is 0.274 e. The topological polar surface area (TPSA) is 114 Å². The fourth-order valence-corrected chi connectivity index (χ4v) is 3.62. The summed E-state index contributed by atoms with van der Waals surface area (Å²) in [7, 11) is 0. The van der Waals surface area contributed by atoms with Crippen LogP contribution in [0, 0.1) is 0 Å². The van der Waals surface area contributed by atoms with Crippen LogP contribution in [0.2, 0.25) is 0 Å². The van der Waals surface area contributed by atoms with Gasteiger partial charge in [-0.15, -0.1) is 5.10 Å². The average Bonchev–Trinajstić information content (AvgIpc) is 3.62.